The highest BCUT2D eigenvalue weighted by molar-refractivity contribution is 7.99. The number of hydrogen-bond acceptors (Lipinski definition) is 5. The molecule has 0 saturated carbocycles. The summed E-state index contributed by atoms with van der Waals surface area (Å²) in [7, 11) is 0. The molecule has 1 aromatic heterocycles. The van der Waals surface area contributed by atoms with Crippen LogP contribution in [0.15, 0.2) is 29.4 Å². The molecular formula is C15H19FN4OS. The Morgan fingerprint density at radius 3 is 2.77 bits per heavy atom. The van der Waals surface area contributed by atoms with Gasteiger partial charge in [0, 0.05) is 18.0 Å². The first-order chi connectivity index (χ1) is 10.8. The fraction of sp³-hybridized carbons (Fsp3) is 0.467. The summed E-state index contributed by atoms with van der Waals surface area (Å²) in [6.07, 6.45) is 3.70. The average molecular weight is 322 g/mol. The van der Waals surface area contributed by atoms with Gasteiger partial charge >= 0.3 is 0 Å². The lowest BCUT2D eigenvalue weighted by atomic mass is 10.1. The van der Waals surface area contributed by atoms with Crippen LogP contribution in [0, 0.1) is 5.82 Å². The third-order valence-electron chi connectivity index (χ3n) is 3.64. The Morgan fingerprint density at radius 1 is 1.27 bits per heavy atom. The van der Waals surface area contributed by atoms with Crippen molar-refractivity contribution in [2.75, 3.05) is 12.4 Å². The molecule has 5 nitrogen and oxygen atoms in total. The SMILES string of the molecule is NCc1nnc(SC[C@@H]2CCCCO2)n1-c1ccc(F)cc1. The van der Waals surface area contributed by atoms with Crippen LogP contribution in [0.25, 0.3) is 5.69 Å². The zero-order chi connectivity index (χ0) is 15.4. The zero-order valence-corrected chi connectivity index (χ0v) is 13.1. The third kappa shape index (κ3) is 3.48. The first-order valence-electron chi connectivity index (χ1n) is 7.42. The van der Waals surface area contributed by atoms with E-state index >= 15 is 0 Å². The highest BCUT2D eigenvalue weighted by Crippen LogP contribution is 2.25. The van der Waals surface area contributed by atoms with E-state index in [4.69, 9.17) is 10.5 Å². The molecule has 1 aliphatic heterocycles. The highest BCUT2D eigenvalue weighted by atomic mass is 32.2. The van der Waals surface area contributed by atoms with E-state index in [2.05, 4.69) is 10.2 Å². The van der Waals surface area contributed by atoms with E-state index in [1.165, 1.54) is 18.6 Å². The molecule has 2 heterocycles. The molecule has 2 aromatic rings. The Balaban J connectivity index is 1.79. The van der Waals surface area contributed by atoms with E-state index in [0.29, 0.717) is 5.82 Å². The molecule has 0 bridgehead atoms. The molecule has 1 atom stereocenters. The molecule has 0 unspecified atom stereocenters. The maximum absolute atomic E-state index is 13.1. The maximum Gasteiger partial charge on any atom is 0.195 e. The Bertz CT molecular complexity index is 611. The fourth-order valence-electron chi connectivity index (χ4n) is 2.48. The van der Waals surface area contributed by atoms with Gasteiger partial charge in [0.1, 0.15) is 5.82 Å². The molecule has 1 saturated heterocycles. The predicted molar refractivity (Wildman–Crippen MR) is 83.5 cm³/mol. The first kappa shape index (κ1) is 15.5. The molecule has 0 spiro atoms. The number of halogens is 1. The quantitative estimate of drug-likeness (QED) is 0.857. The van der Waals surface area contributed by atoms with Crippen LogP contribution in [0.2, 0.25) is 0 Å². The van der Waals surface area contributed by atoms with Crippen molar-refractivity contribution in [2.24, 2.45) is 5.73 Å². The topological polar surface area (TPSA) is 66.0 Å². The number of thioether (sulfide) groups is 1. The van der Waals surface area contributed by atoms with Crippen molar-refractivity contribution in [3.05, 3.63) is 35.9 Å². The summed E-state index contributed by atoms with van der Waals surface area (Å²) >= 11 is 1.60. The van der Waals surface area contributed by atoms with Crippen LogP contribution < -0.4 is 5.73 Å². The highest BCUT2D eigenvalue weighted by Gasteiger charge is 2.18. The average Bonchev–Trinajstić information content (AvgIpc) is 2.97. The van der Waals surface area contributed by atoms with E-state index in [-0.39, 0.29) is 18.5 Å². The fourth-order valence-corrected chi connectivity index (χ4v) is 3.52. The summed E-state index contributed by atoms with van der Waals surface area (Å²) in [6, 6.07) is 6.26. The Labute approximate surface area is 133 Å². The molecule has 2 N–H and O–H groups in total. The smallest absolute Gasteiger partial charge is 0.195 e. The molecule has 22 heavy (non-hydrogen) atoms. The molecule has 0 radical (unpaired) electrons. The van der Waals surface area contributed by atoms with Crippen LogP contribution in [-0.4, -0.2) is 33.2 Å². The molecule has 118 valence electrons. The van der Waals surface area contributed by atoms with Gasteiger partial charge in [-0.1, -0.05) is 11.8 Å². The van der Waals surface area contributed by atoms with E-state index < -0.39 is 0 Å². The first-order valence-corrected chi connectivity index (χ1v) is 8.41. The minimum atomic E-state index is -0.268. The number of nitrogens with zero attached hydrogens (tertiary/aromatic N) is 3. The monoisotopic (exact) mass is 322 g/mol. The standard InChI is InChI=1S/C15H19FN4OS/c16-11-4-6-12(7-5-11)20-14(9-17)18-19-15(20)22-10-13-3-1-2-8-21-13/h4-7,13H,1-3,8-10,17H2/t13-/m0/s1. The van der Waals surface area contributed by atoms with Crippen LogP contribution in [-0.2, 0) is 11.3 Å². The lowest BCUT2D eigenvalue weighted by molar-refractivity contribution is 0.0315. The van der Waals surface area contributed by atoms with Crippen molar-refractivity contribution in [1.82, 2.24) is 14.8 Å². The number of nitrogens with two attached hydrogens (primary N) is 1. The maximum atomic E-state index is 13.1. The van der Waals surface area contributed by atoms with Gasteiger partial charge in [-0.2, -0.15) is 0 Å². The zero-order valence-electron chi connectivity index (χ0n) is 12.2. The summed E-state index contributed by atoms with van der Waals surface area (Å²) < 4.78 is 20.7. The normalized spacial score (nSPS) is 18.5. The Kier molecular flexibility index (Phi) is 5.07. The molecule has 1 fully saturated rings. The number of aromatic nitrogens is 3. The molecule has 0 aliphatic carbocycles. The second-order valence-corrected chi connectivity index (χ2v) is 6.20. The van der Waals surface area contributed by atoms with Crippen molar-refractivity contribution < 1.29 is 9.13 Å². The summed E-state index contributed by atoms with van der Waals surface area (Å²) in [5, 5.41) is 9.11. The van der Waals surface area contributed by atoms with Gasteiger partial charge in [0.2, 0.25) is 0 Å². The Hall–Kier alpha value is -1.44. The second kappa shape index (κ2) is 7.21. The van der Waals surface area contributed by atoms with Crippen LogP contribution in [0.3, 0.4) is 0 Å². The van der Waals surface area contributed by atoms with Gasteiger partial charge in [-0.15, -0.1) is 10.2 Å². The summed E-state index contributed by atoms with van der Waals surface area (Å²) in [5.41, 5.74) is 6.56. The molecule has 1 aromatic carbocycles. The van der Waals surface area contributed by atoms with Crippen molar-refractivity contribution in [1.29, 1.82) is 0 Å². The van der Waals surface area contributed by atoms with E-state index in [9.17, 15) is 4.39 Å². The predicted octanol–water partition coefficient (Wildman–Crippen LogP) is 2.53. The molecule has 0 amide bonds. The third-order valence-corrected chi connectivity index (χ3v) is 4.70. The van der Waals surface area contributed by atoms with Gasteiger partial charge in [0.15, 0.2) is 11.0 Å². The van der Waals surface area contributed by atoms with Crippen molar-refractivity contribution in [3.63, 3.8) is 0 Å². The number of hydrogen-bond donors (Lipinski definition) is 1. The molecule has 7 heteroatoms. The number of benzene rings is 1. The van der Waals surface area contributed by atoms with Gasteiger partial charge in [0.25, 0.3) is 0 Å². The van der Waals surface area contributed by atoms with Gasteiger partial charge in [0.05, 0.1) is 12.6 Å². The van der Waals surface area contributed by atoms with Crippen LogP contribution in [0.4, 0.5) is 4.39 Å². The lowest BCUT2D eigenvalue weighted by Crippen LogP contribution is -2.21. The van der Waals surface area contributed by atoms with Crippen molar-refractivity contribution in [3.8, 4) is 5.69 Å². The summed E-state index contributed by atoms with van der Waals surface area (Å²) in [4.78, 5) is 0. The van der Waals surface area contributed by atoms with Crippen molar-refractivity contribution >= 4 is 11.8 Å². The Morgan fingerprint density at radius 2 is 2.09 bits per heavy atom. The largest absolute Gasteiger partial charge is 0.377 e. The minimum absolute atomic E-state index is 0.262. The second-order valence-electron chi connectivity index (χ2n) is 5.21. The van der Waals surface area contributed by atoms with E-state index in [1.54, 1.807) is 23.9 Å². The summed E-state index contributed by atoms with van der Waals surface area (Å²) in [5.74, 6) is 1.23. The van der Waals surface area contributed by atoms with Gasteiger partial charge < -0.3 is 10.5 Å². The minimum Gasteiger partial charge on any atom is -0.377 e. The number of rotatable bonds is 5. The molecule has 1 aliphatic rings. The lowest BCUT2D eigenvalue weighted by Gasteiger charge is -2.21. The van der Waals surface area contributed by atoms with E-state index in [1.807, 2.05) is 4.57 Å². The van der Waals surface area contributed by atoms with Crippen LogP contribution in [0.1, 0.15) is 25.1 Å². The van der Waals surface area contributed by atoms with Crippen molar-refractivity contribution in [2.45, 2.75) is 37.1 Å². The summed E-state index contributed by atoms with van der Waals surface area (Å²) in [6.45, 7) is 1.12. The molecule has 3 rings (SSSR count). The van der Waals surface area contributed by atoms with Crippen LogP contribution >= 0.6 is 11.8 Å². The van der Waals surface area contributed by atoms with Gasteiger partial charge in [-0.05, 0) is 43.5 Å². The number of ether oxygens (including phenoxy) is 1. The van der Waals surface area contributed by atoms with Gasteiger partial charge in [-0.3, -0.25) is 4.57 Å². The van der Waals surface area contributed by atoms with E-state index in [0.717, 1.165) is 36.0 Å². The van der Waals surface area contributed by atoms with Crippen LogP contribution in [0.5, 0.6) is 0 Å². The van der Waals surface area contributed by atoms with Gasteiger partial charge in [-0.25, -0.2) is 4.39 Å². The molecular weight excluding hydrogens is 303 g/mol.